The lowest BCUT2D eigenvalue weighted by Crippen LogP contribution is -2.16. The fourth-order valence-electron chi connectivity index (χ4n) is 2.38. The summed E-state index contributed by atoms with van der Waals surface area (Å²) in [7, 11) is 0. The minimum atomic E-state index is -0.719. The molecular weight excluding hydrogens is 381 g/mol. The van der Waals surface area contributed by atoms with Crippen molar-refractivity contribution in [3.05, 3.63) is 80.4 Å². The first kappa shape index (κ1) is 18.0. The quantitative estimate of drug-likeness (QED) is 0.377. The van der Waals surface area contributed by atoms with Gasteiger partial charge in [0.1, 0.15) is 5.82 Å². The normalized spacial score (nSPS) is 11.7. The van der Waals surface area contributed by atoms with Crippen molar-refractivity contribution in [1.29, 1.82) is 0 Å². The van der Waals surface area contributed by atoms with Crippen molar-refractivity contribution >= 4 is 44.7 Å². The third-order valence-electron chi connectivity index (χ3n) is 3.54. The highest BCUT2D eigenvalue weighted by Gasteiger charge is 2.16. The van der Waals surface area contributed by atoms with E-state index in [-0.39, 0.29) is 16.3 Å². The van der Waals surface area contributed by atoms with Crippen LogP contribution in [0, 0.1) is 15.9 Å². The SMILES string of the molecule is C=CCn1c(=NC(=O)c2cc([N+](=O)[O-])ccc2Cl)sc2cc(F)ccc21. The number of rotatable bonds is 4. The van der Waals surface area contributed by atoms with Gasteiger partial charge in [-0.1, -0.05) is 29.0 Å². The van der Waals surface area contributed by atoms with E-state index in [0.717, 1.165) is 17.4 Å². The molecule has 1 aromatic heterocycles. The molecule has 0 radical (unpaired) electrons. The van der Waals surface area contributed by atoms with E-state index >= 15 is 0 Å². The molecule has 0 N–H and O–H groups in total. The Hall–Kier alpha value is -2.84. The summed E-state index contributed by atoms with van der Waals surface area (Å²) in [4.78, 5) is 27.2. The number of thiazole rings is 1. The molecule has 3 aromatic rings. The van der Waals surface area contributed by atoms with Gasteiger partial charge in [-0.15, -0.1) is 6.58 Å². The molecule has 0 aliphatic heterocycles. The zero-order chi connectivity index (χ0) is 18.8. The average Bonchev–Trinajstić information content (AvgIpc) is 2.91. The zero-order valence-corrected chi connectivity index (χ0v) is 14.8. The van der Waals surface area contributed by atoms with Gasteiger partial charge in [0.2, 0.25) is 0 Å². The number of amides is 1. The van der Waals surface area contributed by atoms with Crippen LogP contribution in [0.25, 0.3) is 10.2 Å². The van der Waals surface area contributed by atoms with Crippen molar-refractivity contribution < 1.29 is 14.1 Å². The topological polar surface area (TPSA) is 77.5 Å². The number of allylic oxidation sites excluding steroid dienone is 1. The highest BCUT2D eigenvalue weighted by molar-refractivity contribution is 7.16. The van der Waals surface area contributed by atoms with Crippen LogP contribution in [0.4, 0.5) is 10.1 Å². The summed E-state index contributed by atoms with van der Waals surface area (Å²) in [6.45, 7) is 4.03. The summed E-state index contributed by atoms with van der Waals surface area (Å²) in [5.74, 6) is -1.12. The Balaban J connectivity index is 2.17. The largest absolute Gasteiger partial charge is 0.312 e. The molecule has 2 aromatic carbocycles. The van der Waals surface area contributed by atoms with E-state index in [2.05, 4.69) is 11.6 Å². The van der Waals surface area contributed by atoms with E-state index in [4.69, 9.17) is 11.6 Å². The summed E-state index contributed by atoms with van der Waals surface area (Å²) < 4.78 is 15.8. The standard InChI is InChI=1S/C17H11ClFN3O3S/c1-2-7-21-14-6-3-10(19)8-15(14)26-17(21)20-16(23)12-9-11(22(24)25)4-5-13(12)18/h2-6,8-9H,1,7H2. The molecule has 0 bridgehead atoms. The summed E-state index contributed by atoms with van der Waals surface area (Å²) in [6, 6.07) is 7.83. The second-order valence-corrected chi connectivity index (χ2v) is 6.65. The summed E-state index contributed by atoms with van der Waals surface area (Å²) in [6.07, 6.45) is 1.62. The number of benzene rings is 2. The third kappa shape index (κ3) is 3.42. The number of non-ortho nitro benzene ring substituents is 1. The van der Waals surface area contributed by atoms with E-state index in [1.165, 1.54) is 24.3 Å². The Morgan fingerprint density at radius 1 is 1.38 bits per heavy atom. The molecule has 132 valence electrons. The van der Waals surface area contributed by atoms with Gasteiger partial charge < -0.3 is 4.57 Å². The fourth-order valence-corrected chi connectivity index (χ4v) is 3.64. The number of nitrogens with zero attached hydrogens (tertiary/aromatic N) is 3. The van der Waals surface area contributed by atoms with Gasteiger partial charge in [0.05, 0.1) is 25.7 Å². The van der Waals surface area contributed by atoms with E-state index in [1.54, 1.807) is 16.7 Å². The molecule has 0 atom stereocenters. The van der Waals surface area contributed by atoms with Crippen molar-refractivity contribution in [2.45, 2.75) is 6.54 Å². The molecule has 0 saturated heterocycles. The molecule has 0 unspecified atom stereocenters. The van der Waals surface area contributed by atoms with Gasteiger partial charge in [0.25, 0.3) is 11.6 Å². The van der Waals surface area contributed by atoms with Crippen LogP contribution >= 0.6 is 22.9 Å². The number of halogens is 2. The molecule has 3 rings (SSSR count). The van der Waals surface area contributed by atoms with Crippen molar-refractivity contribution in [2.75, 3.05) is 0 Å². The Morgan fingerprint density at radius 3 is 2.85 bits per heavy atom. The molecule has 0 saturated carbocycles. The van der Waals surface area contributed by atoms with Crippen LogP contribution in [0.15, 0.2) is 54.0 Å². The molecular formula is C17H11ClFN3O3S. The average molecular weight is 392 g/mol. The van der Waals surface area contributed by atoms with Crippen molar-refractivity contribution in [3.8, 4) is 0 Å². The number of carbonyl (C=O) groups excluding carboxylic acids is 1. The van der Waals surface area contributed by atoms with Crippen LogP contribution in [0.2, 0.25) is 5.02 Å². The molecule has 6 nitrogen and oxygen atoms in total. The van der Waals surface area contributed by atoms with Crippen molar-refractivity contribution in [3.63, 3.8) is 0 Å². The first-order chi connectivity index (χ1) is 12.4. The lowest BCUT2D eigenvalue weighted by molar-refractivity contribution is -0.384. The highest BCUT2D eigenvalue weighted by atomic mass is 35.5. The Labute approximate surface area is 155 Å². The van der Waals surface area contributed by atoms with Gasteiger partial charge in [0.15, 0.2) is 4.80 Å². The molecule has 26 heavy (non-hydrogen) atoms. The Morgan fingerprint density at radius 2 is 2.15 bits per heavy atom. The van der Waals surface area contributed by atoms with Gasteiger partial charge >= 0.3 is 0 Å². The van der Waals surface area contributed by atoms with Gasteiger partial charge in [0, 0.05) is 18.7 Å². The number of carbonyl (C=O) groups is 1. The van der Waals surface area contributed by atoms with Crippen LogP contribution in [-0.4, -0.2) is 15.4 Å². The number of aromatic nitrogens is 1. The predicted molar refractivity (Wildman–Crippen MR) is 98.0 cm³/mol. The van der Waals surface area contributed by atoms with Gasteiger partial charge in [-0.3, -0.25) is 14.9 Å². The van der Waals surface area contributed by atoms with Gasteiger partial charge in [-0.25, -0.2) is 4.39 Å². The van der Waals surface area contributed by atoms with Crippen molar-refractivity contribution in [2.24, 2.45) is 4.99 Å². The van der Waals surface area contributed by atoms with Crippen LogP contribution in [0.3, 0.4) is 0 Å². The molecule has 0 fully saturated rings. The highest BCUT2D eigenvalue weighted by Crippen LogP contribution is 2.23. The monoisotopic (exact) mass is 391 g/mol. The Kier molecular flexibility index (Phi) is 4.97. The van der Waals surface area contributed by atoms with Crippen LogP contribution in [-0.2, 0) is 6.54 Å². The second-order valence-electron chi connectivity index (χ2n) is 5.23. The van der Waals surface area contributed by atoms with Crippen LogP contribution in [0.1, 0.15) is 10.4 Å². The zero-order valence-electron chi connectivity index (χ0n) is 13.2. The first-order valence-electron chi connectivity index (χ1n) is 7.33. The molecule has 1 amide bonds. The summed E-state index contributed by atoms with van der Waals surface area (Å²) in [5.41, 5.74) is 0.368. The molecule has 1 heterocycles. The summed E-state index contributed by atoms with van der Waals surface area (Å²) in [5, 5.41) is 11.0. The van der Waals surface area contributed by atoms with E-state index in [9.17, 15) is 19.3 Å². The van der Waals surface area contributed by atoms with Gasteiger partial charge in [-0.2, -0.15) is 4.99 Å². The minimum Gasteiger partial charge on any atom is -0.312 e. The lowest BCUT2D eigenvalue weighted by Gasteiger charge is -2.02. The van der Waals surface area contributed by atoms with E-state index < -0.39 is 16.6 Å². The van der Waals surface area contributed by atoms with E-state index in [1.807, 2.05) is 0 Å². The number of hydrogen-bond acceptors (Lipinski definition) is 4. The van der Waals surface area contributed by atoms with E-state index in [0.29, 0.717) is 21.6 Å². The number of hydrogen-bond donors (Lipinski definition) is 0. The molecule has 0 aliphatic rings. The predicted octanol–water partition coefficient (Wildman–Crippen LogP) is 4.33. The Bertz CT molecular complexity index is 1120. The molecule has 0 aliphatic carbocycles. The maximum absolute atomic E-state index is 13.5. The maximum Gasteiger partial charge on any atom is 0.281 e. The summed E-state index contributed by atoms with van der Waals surface area (Å²) >= 11 is 7.12. The first-order valence-corrected chi connectivity index (χ1v) is 8.53. The van der Waals surface area contributed by atoms with Crippen molar-refractivity contribution in [1.82, 2.24) is 4.57 Å². The maximum atomic E-state index is 13.5. The molecule has 0 spiro atoms. The fraction of sp³-hybridized carbons (Fsp3) is 0.0588. The number of nitro benzene ring substituents is 1. The molecule has 9 heteroatoms. The minimum absolute atomic E-state index is 0.0618. The van der Waals surface area contributed by atoms with Gasteiger partial charge in [-0.05, 0) is 24.3 Å². The number of fused-ring (bicyclic) bond motifs is 1. The third-order valence-corrected chi connectivity index (χ3v) is 4.92. The number of nitro groups is 1. The smallest absolute Gasteiger partial charge is 0.281 e. The lowest BCUT2D eigenvalue weighted by atomic mass is 10.2. The second kappa shape index (κ2) is 7.19. The van der Waals surface area contributed by atoms with Crippen LogP contribution in [0.5, 0.6) is 0 Å². The van der Waals surface area contributed by atoms with Crippen LogP contribution < -0.4 is 4.80 Å².